The van der Waals surface area contributed by atoms with Crippen LogP contribution >= 0.6 is 0 Å². The second-order valence-electron chi connectivity index (χ2n) is 6.64. The summed E-state index contributed by atoms with van der Waals surface area (Å²) >= 11 is 0. The van der Waals surface area contributed by atoms with Crippen LogP contribution < -0.4 is 0 Å². The van der Waals surface area contributed by atoms with Crippen molar-refractivity contribution in [2.45, 2.75) is 40.0 Å². The summed E-state index contributed by atoms with van der Waals surface area (Å²) in [6.07, 6.45) is 6.12. The molecule has 1 nitrogen and oxygen atoms in total. The fraction of sp³-hybridized carbons (Fsp3) is 0.286. The average Bonchev–Trinajstić information content (AvgIpc) is 2.48. The standard InChI is InChI=1S/C21H25N/c1-6-22-20-15-18(8-7-16(20)2)10-9-17-11-13-19(14-12-17)21(3,4)5/h6-15H,1-5H3/b10-9+,22-6?. The van der Waals surface area contributed by atoms with E-state index in [1.165, 1.54) is 22.3 Å². The molecule has 1 heteroatoms. The summed E-state index contributed by atoms with van der Waals surface area (Å²) in [4.78, 5) is 4.40. The summed E-state index contributed by atoms with van der Waals surface area (Å²) in [5.74, 6) is 0. The van der Waals surface area contributed by atoms with Gasteiger partial charge in [0.2, 0.25) is 0 Å². The number of nitrogens with zero attached hydrogens (tertiary/aromatic N) is 1. The van der Waals surface area contributed by atoms with Crippen LogP contribution in [-0.4, -0.2) is 6.21 Å². The van der Waals surface area contributed by atoms with Gasteiger partial charge in [0.25, 0.3) is 0 Å². The fourth-order valence-corrected chi connectivity index (χ4v) is 2.29. The van der Waals surface area contributed by atoms with Gasteiger partial charge < -0.3 is 0 Å². The zero-order chi connectivity index (χ0) is 16.2. The molecule has 0 saturated carbocycles. The zero-order valence-electron chi connectivity index (χ0n) is 14.2. The van der Waals surface area contributed by atoms with Crippen LogP contribution in [-0.2, 0) is 5.41 Å². The fourth-order valence-electron chi connectivity index (χ4n) is 2.29. The zero-order valence-corrected chi connectivity index (χ0v) is 14.2. The quantitative estimate of drug-likeness (QED) is 0.472. The van der Waals surface area contributed by atoms with E-state index in [-0.39, 0.29) is 5.41 Å². The molecule has 0 radical (unpaired) electrons. The maximum absolute atomic E-state index is 4.40. The Morgan fingerprint density at radius 1 is 0.864 bits per heavy atom. The van der Waals surface area contributed by atoms with E-state index in [0.29, 0.717) is 0 Å². The lowest BCUT2D eigenvalue weighted by Gasteiger charge is -2.18. The van der Waals surface area contributed by atoms with Gasteiger partial charge >= 0.3 is 0 Å². The molecule has 2 rings (SSSR count). The monoisotopic (exact) mass is 291 g/mol. The lowest BCUT2D eigenvalue weighted by molar-refractivity contribution is 0.590. The second-order valence-corrected chi connectivity index (χ2v) is 6.64. The Balaban J connectivity index is 2.20. The van der Waals surface area contributed by atoms with Gasteiger partial charge in [0.15, 0.2) is 0 Å². The van der Waals surface area contributed by atoms with E-state index in [9.17, 15) is 0 Å². The number of benzene rings is 2. The third-order valence-electron chi connectivity index (χ3n) is 3.75. The number of hydrogen-bond donors (Lipinski definition) is 0. The first-order valence-corrected chi connectivity index (χ1v) is 7.78. The highest BCUT2D eigenvalue weighted by Gasteiger charge is 2.12. The van der Waals surface area contributed by atoms with Crippen LogP contribution in [0.2, 0.25) is 0 Å². The summed E-state index contributed by atoms with van der Waals surface area (Å²) in [5, 5.41) is 0. The minimum Gasteiger partial charge on any atom is -0.261 e. The summed E-state index contributed by atoms with van der Waals surface area (Å²) in [6.45, 7) is 10.7. The van der Waals surface area contributed by atoms with E-state index in [2.05, 4.69) is 87.3 Å². The Kier molecular flexibility index (Phi) is 4.97. The molecular formula is C21H25N. The van der Waals surface area contributed by atoms with Gasteiger partial charge in [-0.2, -0.15) is 0 Å². The van der Waals surface area contributed by atoms with Crippen LogP contribution in [0.5, 0.6) is 0 Å². The highest BCUT2D eigenvalue weighted by molar-refractivity contribution is 5.72. The Morgan fingerprint density at radius 3 is 2.05 bits per heavy atom. The highest BCUT2D eigenvalue weighted by Crippen LogP contribution is 2.24. The molecule has 0 atom stereocenters. The molecule has 0 aliphatic rings. The van der Waals surface area contributed by atoms with Crippen molar-refractivity contribution in [3.05, 3.63) is 64.7 Å². The molecule has 0 amide bonds. The molecule has 0 fully saturated rings. The van der Waals surface area contributed by atoms with Gasteiger partial charge in [0.1, 0.15) is 0 Å². The first kappa shape index (κ1) is 16.2. The predicted molar refractivity (Wildman–Crippen MR) is 99.1 cm³/mol. The molecule has 0 spiro atoms. The third kappa shape index (κ3) is 4.17. The first-order chi connectivity index (χ1) is 10.4. The van der Waals surface area contributed by atoms with Crippen LogP contribution in [0.1, 0.15) is 49.9 Å². The lowest BCUT2D eigenvalue weighted by Crippen LogP contribution is -2.10. The van der Waals surface area contributed by atoms with Crippen molar-refractivity contribution < 1.29 is 0 Å². The number of hydrogen-bond acceptors (Lipinski definition) is 1. The summed E-state index contributed by atoms with van der Waals surface area (Å²) in [6, 6.07) is 15.1. The largest absolute Gasteiger partial charge is 0.261 e. The molecular weight excluding hydrogens is 266 g/mol. The molecule has 0 aliphatic carbocycles. The molecule has 114 valence electrons. The van der Waals surface area contributed by atoms with Crippen molar-refractivity contribution in [1.82, 2.24) is 0 Å². The second kappa shape index (κ2) is 6.74. The van der Waals surface area contributed by atoms with Gasteiger partial charge in [-0.25, -0.2) is 0 Å². The van der Waals surface area contributed by atoms with Crippen molar-refractivity contribution in [2.75, 3.05) is 0 Å². The molecule has 0 unspecified atom stereocenters. The summed E-state index contributed by atoms with van der Waals surface area (Å²) in [7, 11) is 0. The minimum atomic E-state index is 0.201. The molecule has 22 heavy (non-hydrogen) atoms. The van der Waals surface area contributed by atoms with Gasteiger partial charge in [-0.15, -0.1) is 0 Å². The topological polar surface area (TPSA) is 12.4 Å². The van der Waals surface area contributed by atoms with Crippen LogP contribution in [0.4, 0.5) is 5.69 Å². The predicted octanol–water partition coefficient (Wildman–Crippen LogP) is 6.19. The van der Waals surface area contributed by atoms with Crippen molar-refractivity contribution >= 4 is 24.1 Å². The van der Waals surface area contributed by atoms with Crippen LogP contribution in [0.25, 0.3) is 12.2 Å². The van der Waals surface area contributed by atoms with E-state index < -0.39 is 0 Å². The van der Waals surface area contributed by atoms with Crippen LogP contribution in [0.15, 0.2) is 47.5 Å². The summed E-state index contributed by atoms with van der Waals surface area (Å²) < 4.78 is 0. The average molecular weight is 291 g/mol. The molecule has 0 saturated heterocycles. The molecule has 2 aromatic rings. The molecule has 2 aromatic carbocycles. The lowest BCUT2D eigenvalue weighted by atomic mass is 9.87. The van der Waals surface area contributed by atoms with Gasteiger partial charge in [-0.1, -0.05) is 69.3 Å². The number of rotatable bonds is 3. The maximum atomic E-state index is 4.40. The van der Waals surface area contributed by atoms with Crippen molar-refractivity contribution in [3.8, 4) is 0 Å². The minimum absolute atomic E-state index is 0.201. The molecule has 0 aromatic heterocycles. The Bertz CT molecular complexity index is 683. The number of aliphatic imine (C=N–C) groups is 1. The van der Waals surface area contributed by atoms with Gasteiger partial charge in [-0.3, -0.25) is 4.99 Å². The van der Waals surface area contributed by atoms with Crippen LogP contribution in [0.3, 0.4) is 0 Å². The van der Waals surface area contributed by atoms with Gasteiger partial charge in [0, 0.05) is 6.21 Å². The molecule has 0 N–H and O–H groups in total. The molecule has 0 aliphatic heterocycles. The normalized spacial score (nSPS) is 12.4. The Morgan fingerprint density at radius 2 is 1.45 bits per heavy atom. The first-order valence-electron chi connectivity index (χ1n) is 7.78. The Hall–Kier alpha value is -2.15. The van der Waals surface area contributed by atoms with E-state index in [1.807, 2.05) is 13.1 Å². The van der Waals surface area contributed by atoms with E-state index in [1.54, 1.807) is 0 Å². The Labute approximate surface area is 134 Å². The van der Waals surface area contributed by atoms with E-state index >= 15 is 0 Å². The van der Waals surface area contributed by atoms with E-state index in [4.69, 9.17) is 0 Å². The highest BCUT2D eigenvalue weighted by atomic mass is 14.7. The summed E-state index contributed by atoms with van der Waals surface area (Å²) in [5.41, 5.74) is 6.18. The third-order valence-corrected chi connectivity index (χ3v) is 3.75. The van der Waals surface area contributed by atoms with Crippen molar-refractivity contribution in [1.29, 1.82) is 0 Å². The van der Waals surface area contributed by atoms with Gasteiger partial charge in [0.05, 0.1) is 5.69 Å². The van der Waals surface area contributed by atoms with E-state index in [0.717, 1.165) is 5.69 Å². The van der Waals surface area contributed by atoms with Gasteiger partial charge in [-0.05, 0) is 47.6 Å². The van der Waals surface area contributed by atoms with Crippen molar-refractivity contribution in [3.63, 3.8) is 0 Å². The molecule has 0 bridgehead atoms. The van der Waals surface area contributed by atoms with Crippen LogP contribution in [0, 0.1) is 6.92 Å². The number of aryl methyl sites for hydroxylation is 1. The smallest absolute Gasteiger partial charge is 0.0660 e. The molecule has 0 heterocycles. The van der Waals surface area contributed by atoms with Crippen molar-refractivity contribution in [2.24, 2.45) is 4.99 Å². The SMILES string of the molecule is CC=Nc1cc(/C=C/c2ccc(C(C)(C)C)cc2)ccc1C. The maximum Gasteiger partial charge on any atom is 0.0660 e.